The maximum absolute atomic E-state index is 12.5. The van der Waals surface area contributed by atoms with E-state index in [9.17, 15) is 4.79 Å². The van der Waals surface area contributed by atoms with Crippen molar-refractivity contribution in [3.63, 3.8) is 0 Å². The standard InChI is InChI=1S/C13H21N3O3S/c1-9-8-11(20-10(9)2)13(17)16(6-7-19-3)5-4-12(14)15-18/h8,18H,4-7H2,1-3H3,(H2,14,15). The van der Waals surface area contributed by atoms with Gasteiger partial charge in [0.2, 0.25) is 0 Å². The maximum atomic E-state index is 12.5. The van der Waals surface area contributed by atoms with Crippen LogP contribution in [0.1, 0.15) is 26.5 Å². The highest BCUT2D eigenvalue weighted by Gasteiger charge is 2.18. The van der Waals surface area contributed by atoms with E-state index in [2.05, 4.69) is 5.16 Å². The van der Waals surface area contributed by atoms with Crippen LogP contribution >= 0.6 is 11.3 Å². The summed E-state index contributed by atoms with van der Waals surface area (Å²) in [6, 6.07) is 1.89. The van der Waals surface area contributed by atoms with Gasteiger partial charge in [0.25, 0.3) is 5.91 Å². The van der Waals surface area contributed by atoms with E-state index >= 15 is 0 Å². The molecule has 0 aliphatic rings. The van der Waals surface area contributed by atoms with Crippen LogP contribution in [0.5, 0.6) is 0 Å². The first kappa shape index (κ1) is 16.5. The van der Waals surface area contributed by atoms with Crippen LogP contribution in [0.25, 0.3) is 0 Å². The van der Waals surface area contributed by atoms with Crippen LogP contribution in [0, 0.1) is 13.8 Å². The third kappa shape index (κ3) is 4.50. The van der Waals surface area contributed by atoms with Crippen molar-refractivity contribution in [3.05, 3.63) is 21.4 Å². The first-order valence-corrected chi connectivity index (χ1v) is 7.13. The van der Waals surface area contributed by atoms with E-state index in [0.717, 1.165) is 10.4 Å². The summed E-state index contributed by atoms with van der Waals surface area (Å²) in [5.74, 6) is 0.0627. The fourth-order valence-corrected chi connectivity index (χ4v) is 2.65. The SMILES string of the molecule is COCCN(CCC(N)=NO)C(=O)c1cc(C)c(C)s1. The molecule has 7 heteroatoms. The van der Waals surface area contributed by atoms with Crippen molar-refractivity contribution >= 4 is 23.1 Å². The molecule has 0 saturated heterocycles. The van der Waals surface area contributed by atoms with Gasteiger partial charge in [0.15, 0.2) is 0 Å². The Bertz CT molecular complexity index is 466. The topological polar surface area (TPSA) is 88.2 Å². The van der Waals surface area contributed by atoms with E-state index in [1.807, 2.05) is 19.9 Å². The Kier molecular flexibility index (Phi) is 6.47. The lowest BCUT2D eigenvalue weighted by Gasteiger charge is -2.21. The van der Waals surface area contributed by atoms with Gasteiger partial charge in [-0.05, 0) is 25.5 Å². The zero-order valence-corrected chi connectivity index (χ0v) is 12.9. The first-order valence-electron chi connectivity index (χ1n) is 6.31. The van der Waals surface area contributed by atoms with Gasteiger partial charge >= 0.3 is 0 Å². The summed E-state index contributed by atoms with van der Waals surface area (Å²) in [6.07, 6.45) is 0.329. The molecule has 1 amide bonds. The molecule has 0 radical (unpaired) electrons. The number of carbonyl (C=O) groups excluding carboxylic acids is 1. The van der Waals surface area contributed by atoms with Crippen molar-refractivity contribution in [2.24, 2.45) is 10.9 Å². The molecule has 0 aliphatic carbocycles. The molecular weight excluding hydrogens is 278 g/mol. The lowest BCUT2D eigenvalue weighted by atomic mass is 10.2. The average Bonchev–Trinajstić information content (AvgIpc) is 2.77. The van der Waals surface area contributed by atoms with E-state index in [0.29, 0.717) is 31.0 Å². The molecule has 0 spiro atoms. The monoisotopic (exact) mass is 299 g/mol. The number of nitrogens with zero attached hydrogens (tertiary/aromatic N) is 2. The molecule has 1 aromatic rings. The molecular formula is C13H21N3O3S. The molecule has 0 aliphatic heterocycles. The summed E-state index contributed by atoms with van der Waals surface area (Å²) < 4.78 is 5.02. The van der Waals surface area contributed by atoms with Crippen molar-refractivity contribution in [1.29, 1.82) is 0 Å². The Balaban J connectivity index is 2.77. The summed E-state index contributed by atoms with van der Waals surface area (Å²) >= 11 is 1.48. The first-order chi connectivity index (χ1) is 9.49. The van der Waals surface area contributed by atoms with E-state index in [1.54, 1.807) is 12.0 Å². The molecule has 1 aromatic heterocycles. The van der Waals surface area contributed by atoms with Gasteiger partial charge in [0.1, 0.15) is 5.84 Å². The average molecular weight is 299 g/mol. The van der Waals surface area contributed by atoms with Gasteiger partial charge in [-0.1, -0.05) is 5.16 Å². The predicted molar refractivity (Wildman–Crippen MR) is 79.6 cm³/mol. The molecule has 1 heterocycles. The molecule has 0 saturated carbocycles. The fraction of sp³-hybridized carbons (Fsp3) is 0.538. The van der Waals surface area contributed by atoms with Crippen LogP contribution in [0.15, 0.2) is 11.2 Å². The van der Waals surface area contributed by atoms with Gasteiger partial charge in [-0.2, -0.15) is 0 Å². The molecule has 1 rings (SSSR count). The molecule has 3 N–H and O–H groups in total. The van der Waals surface area contributed by atoms with Crippen LogP contribution in [0.4, 0.5) is 0 Å². The second-order valence-electron chi connectivity index (χ2n) is 4.48. The number of carbonyl (C=O) groups is 1. The highest BCUT2D eigenvalue weighted by Crippen LogP contribution is 2.22. The van der Waals surface area contributed by atoms with Gasteiger partial charge in [0.05, 0.1) is 11.5 Å². The minimum absolute atomic E-state index is 0.0472. The number of hydrogen-bond donors (Lipinski definition) is 2. The molecule has 20 heavy (non-hydrogen) atoms. The van der Waals surface area contributed by atoms with Gasteiger partial charge in [0, 0.05) is 31.5 Å². The number of amidine groups is 1. The number of ether oxygens (including phenoxy) is 1. The molecule has 6 nitrogen and oxygen atoms in total. The van der Waals surface area contributed by atoms with Gasteiger partial charge in [-0.3, -0.25) is 4.79 Å². The van der Waals surface area contributed by atoms with Crippen molar-refractivity contribution in [2.75, 3.05) is 26.8 Å². The Labute approximate surface area is 122 Å². The lowest BCUT2D eigenvalue weighted by Crippen LogP contribution is -2.36. The number of hydrogen-bond acceptors (Lipinski definition) is 5. The second kappa shape index (κ2) is 7.86. The van der Waals surface area contributed by atoms with Crippen LogP contribution in [-0.2, 0) is 4.74 Å². The minimum atomic E-state index is -0.0472. The summed E-state index contributed by atoms with van der Waals surface area (Å²) in [7, 11) is 1.59. The van der Waals surface area contributed by atoms with Crippen molar-refractivity contribution < 1.29 is 14.7 Å². The normalized spacial score (nSPS) is 11.7. The molecule has 0 bridgehead atoms. The number of thiophene rings is 1. The fourth-order valence-electron chi connectivity index (χ4n) is 1.65. The summed E-state index contributed by atoms with van der Waals surface area (Å²) in [4.78, 5) is 16.0. The molecule has 0 atom stereocenters. The van der Waals surface area contributed by atoms with E-state index < -0.39 is 0 Å². The zero-order valence-electron chi connectivity index (χ0n) is 12.0. The molecule has 0 unspecified atom stereocenters. The Hall–Kier alpha value is -1.60. The highest BCUT2D eigenvalue weighted by molar-refractivity contribution is 7.14. The van der Waals surface area contributed by atoms with Crippen molar-refractivity contribution in [2.45, 2.75) is 20.3 Å². The summed E-state index contributed by atoms with van der Waals surface area (Å²) in [5, 5.41) is 11.5. The van der Waals surface area contributed by atoms with Crippen molar-refractivity contribution in [1.82, 2.24) is 4.90 Å². The quantitative estimate of drug-likeness (QED) is 0.346. The van der Waals surface area contributed by atoms with Crippen LogP contribution in [-0.4, -0.2) is 48.7 Å². The Morgan fingerprint density at radius 1 is 1.50 bits per heavy atom. The molecule has 0 aromatic carbocycles. The van der Waals surface area contributed by atoms with Crippen LogP contribution < -0.4 is 5.73 Å². The summed E-state index contributed by atoms with van der Waals surface area (Å²) in [6.45, 7) is 5.30. The molecule has 112 valence electrons. The number of amides is 1. The van der Waals surface area contributed by atoms with Gasteiger partial charge in [-0.25, -0.2) is 0 Å². The van der Waals surface area contributed by atoms with Crippen LogP contribution in [0.3, 0.4) is 0 Å². The summed E-state index contributed by atoms with van der Waals surface area (Å²) in [5.41, 5.74) is 6.56. The highest BCUT2D eigenvalue weighted by atomic mass is 32.1. The minimum Gasteiger partial charge on any atom is -0.409 e. The zero-order chi connectivity index (χ0) is 15.1. The number of oxime groups is 1. The van der Waals surface area contributed by atoms with Crippen molar-refractivity contribution in [3.8, 4) is 0 Å². The Morgan fingerprint density at radius 2 is 2.20 bits per heavy atom. The Morgan fingerprint density at radius 3 is 2.70 bits per heavy atom. The second-order valence-corrected chi connectivity index (χ2v) is 5.73. The third-order valence-electron chi connectivity index (χ3n) is 3.00. The van der Waals surface area contributed by atoms with E-state index in [1.165, 1.54) is 11.3 Å². The number of methoxy groups -OCH3 is 1. The van der Waals surface area contributed by atoms with E-state index in [4.69, 9.17) is 15.7 Å². The maximum Gasteiger partial charge on any atom is 0.264 e. The van der Waals surface area contributed by atoms with Gasteiger partial charge < -0.3 is 20.6 Å². The molecule has 0 fully saturated rings. The van der Waals surface area contributed by atoms with E-state index in [-0.39, 0.29) is 11.7 Å². The lowest BCUT2D eigenvalue weighted by molar-refractivity contribution is 0.0705. The van der Waals surface area contributed by atoms with Crippen LogP contribution in [0.2, 0.25) is 0 Å². The number of nitrogens with two attached hydrogens (primary N) is 1. The third-order valence-corrected chi connectivity index (χ3v) is 4.14. The smallest absolute Gasteiger partial charge is 0.264 e. The number of rotatable bonds is 7. The van der Waals surface area contributed by atoms with Gasteiger partial charge in [-0.15, -0.1) is 11.3 Å². The largest absolute Gasteiger partial charge is 0.409 e. The number of aryl methyl sites for hydroxylation is 2. The predicted octanol–water partition coefficient (Wildman–Crippen LogP) is 1.59.